The third kappa shape index (κ3) is 4.80. The molecule has 1 aromatic rings. The number of ether oxygens (including phenoxy) is 1. The molecule has 1 rings (SSSR count). The van der Waals surface area contributed by atoms with E-state index in [0.29, 0.717) is 5.75 Å². The van der Waals surface area contributed by atoms with Crippen molar-refractivity contribution in [1.29, 1.82) is 0 Å². The second kappa shape index (κ2) is 7.60. The number of nitrogens with zero attached hydrogens (tertiary/aromatic N) is 3. The number of carbonyl (C=O) groups excluding carboxylic acids is 1. The summed E-state index contributed by atoms with van der Waals surface area (Å²) >= 11 is 1.53. The van der Waals surface area contributed by atoms with E-state index in [-0.39, 0.29) is 0 Å². The van der Waals surface area contributed by atoms with Gasteiger partial charge in [0.1, 0.15) is 6.04 Å². The van der Waals surface area contributed by atoms with Gasteiger partial charge in [-0.3, -0.25) is 4.79 Å². The fraction of sp³-hybridized carbons (Fsp3) is 0.364. The molecule has 0 heterocycles. The second-order valence-corrected chi connectivity index (χ2v) is 4.27. The zero-order chi connectivity index (χ0) is 12.5. The standard InChI is InChI=1S/C11H13N3O2S/c1-16-11(15)10(13-14-12)8-17-7-9-5-3-2-4-6-9/h2-6,10H,7-8H2,1H3. The second-order valence-electron chi connectivity index (χ2n) is 3.24. The lowest BCUT2D eigenvalue weighted by Gasteiger charge is -2.08. The highest BCUT2D eigenvalue weighted by Crippen LogP contribution is 2.14. The molecule has 1 atom stereocenters. The first-order valence-corrected chi connectivity index (χ1v) is 6.17. The summed E-state index contributed by atoms with van der Waals surface area (Å²) in [6, 6.07) is 9.13. The molecule has 5 nitrogen and oxygen atoms in total. The van der Waals surface area contributed by atoms with E-state index in [1.165, 1.54) is 24.4 Å². The maximum Gasteiger partial charge on any atom is 0.315 e. The van der Waals surface area contributed by atoms with Crippen molar-refractivity contribution in [3.8, 4) is 0 Å². The number of hydrogen-bond donors (Lipinski definition) is 0. The van der Waals surface area contributed by atoms with E-state index in [0.717, 1.165) is 5.75 Å². The molecule has 90 valence electrons. The Labute approximate surface area is 104 Å². The van der Waals surface area contributed by atoms with Crippen molar-refractivity contribution in [2.24, 2.45) is 5.11 Å². The quantitative estimate of drug-likeness (QED) is 0.337. The molecule has 0 aromatic heterocycles. The van der Waals surface area contributed by atoms with Crippen molar-refractivity contribution in [2.45, 2.75) is 11.8 Å². The number of hydrogen-bond acceptors (Lipinski definition) is 4. The maximum absolute atomic E-state index is 11.2. The average Bonchev–Trinajstić information content (AvgIpc) is 2.38. The molecular formula is C11H13N3O2S. The number of benzene rings is 1. The van der Waals surface area contributed by atoms with Gasteiger partial charge in [0.15, 0.2) is 0 Å². The van der Waals surface area contributed by atoms with E-state index in [1.807, 2.05) is 30.3 Å². The molecule has 0 aliphatic rings. The summed E-state index contributed by atoms with van der Waals surface area (Å²) in [5.74, 6) is 0.698. The molecule has 1 aromatic carbocycles. The van der Waals surface area contributed by atoms with E-state index >= 15 is 0 Å². The number of methoxy groups -OCH3 is 1. The average molecular weight is 251 g/mol. The minimum absolute atomic E-state index is 0.422. The van der Waals surface area contributed by atoms with Crippen molar-refractivity contribution in [2.75, 3.05) is 12.9 Å². The van der Waals surface area contributed by atoms with Gasteiger partial charge in [0.2, 0.25) is 0 Å². The van der Waals surface area contributed by atoms with Gasteiger partial charge in [-0.15, -0.1) is 0 Å². The Balaban J connectivity index is 2.42. The van der Waals surface area contributed by atoms with Crippen LogP contribution in [0.2, 0.25) is 0 Å². The largest absolute Gasteiger partial charge is 0.469 e. The lowest BCUT2D eigenvalue weighted by Crippen LogP contribution is -2.22. The SMILES string of the molecule is COC(=O)C(CSCc1ccccc1)N=[N+]=[N-]. The van der Waals surface area contributed by atoms with Crippen molar-refractivity contribution in [3.05, 3.63) is 46.3 Å². The monoisotopic (exact) mass is 251 g/mol. The van der Waals surface area contributed by atoms with Crippen LogP contribution in [0, 0.1) is 0 Å². The molecular weight excluding hydrogens is 238 g/mol. The van der Waals surface area contributed by atoms with E-state index in [9.17, 15) is 4.79 Å². The molecule has 0 aliphatic carbocycles. The van der Waals surface area contributed by atoms with Gasteiger partial charge in [-0.2, -0.15) is 11.8 Å². The fourth-order valence-electron chi connectivity index (χ4n) is 1.21. The molecule has 0 radical (unpaired) electrons. The highest BCUT2D eigenvalue weighted by Gasteiger charge is 2.16. The Morgan fingerprint density at radius 2 is 2.24 bits per heavy atom. The van der Waals surface area contributed by atoms with Crippen molar-refractivity contribution < 1.29 is 9.53 Å². The molecule has 0 aliphatic heterocycles. The van der Waals surface area contributed by atoms with Crippen LogP contribution in [0.4, 0.5) is 0 Å². The van der Waals surface area contributed by atoms with Crippen molar-refractivity contribution in [1.82, 2.24) is 0 Å². The number of carbonyl (C=O) groups is 1. The Bertz CT molecular complexity index is 404. The van der Waals surface area contributed by atoms with Gasteiger partial charge in [0, 0.05) is 16.4 Å². The summed E-state index contributed by atoms with van der Waals surface area (Å²) < 4.78 is 4.55. The zero-order valence-corrected chi connectivity index (χ0v) is 10.3. The van der Waals surface area contributed by atoms with Crippen LogP contribution in [0.15, 0.2) is 35.4 Å². The minimum atomic E-state index is -0.751. The van der Waals surface area contributed by atoms with E-state index in [4.69, 9.17) is 5.53 Å². The topological polar surface area (TPSA) is 75.1 Å². The predicted molar refractivity (Wildman–Crippen MR) is 67.6 cm³/mol. The zero-order valence-electron chi connectivity index (χ0n) is 9.44. The number of esters is 1. The number of azide groups is 1. The molecule has 1 unspecified atom stereocenters. The van der Waals surface area contributed by atoms with Crippen LogP contribution in [0.25, 0.3) is 10.4 Å². The van der Waals surface area contributed by atoms with Gasteiger partial charge in [-0.25, -0.2) is 0 Å². The summed E-state index contributed by atoms with van der Waals surface area (Å²) in [6.07, 6.45) is 0. The highest BCUT2D eigenvalue weighted by molar-refractivity contribution is 7.98. The first-order chi connectivity index (χ1) is 8.27. The van der Waals surface area contributed by atoms with Crippen LogP contribution in [-0.4, -0.2) is 24.9 Å². The number of thioether (sulfide) groups is 1. The highest BCUT2D eigenvalue weighted by atomic mass is 32.2. The van der Waals surface area contributed by atoms with E-state index in [1.54, 1.807) is 0 Å². The van der Waals surface area contributed by atoms with Crippen molar-refractivity contribution >= 4 is 17.7 Å². The van der Waals surface area contributed by atoms with Crippen LogP contribution in [0.5, 0.6) is 0 Å². The minimum Gasteiger partial charge on any atom is -0.469 e. The summed E-state index contributed by atoms with van der Waals surface area (Å²) in [4.78, 5) is 13.9. The normalized spacial score (nSPS) is 11.4. The third-order valence-corrected chi connectivity index (χ3v) is 3.14. The van der Waals surface area contributed by atoms with Gasteiger partial charge >= 0.3 is 5.97 Å². The maximum atomic E-state index is 11.2. The molecule has 6 heteroatoms. The lowest BCUT2D eigenvalue weighted by molar-refractivity contribution is -0.141. The Morgan fingerprint density at radius 1 is 1.53 bits per heavy atom. The number of rotatable bonds is 6. The molecule has 0 bridgehead atoms. The van der Waals surface area contributed by atoms with Gasteiger partial charge in [0.25, 0.3) is 0 Å². The van der Waals surface area contributed by atoms with Gasteiger partial charge < -0.3 is 4.74 Å². The van der Waals surface area contributed by atoms with Gasteiger partial charge in [0.05, 0.1) is 7.11 Å². The van der Waals surface area contributed by atoms with Gasteiger partial charge in [-0.1, -0.05) is 35.4 Å². The van der Waals surface area contributed by atoms with E-state index in [2.05, 4.69) is 14.8 Å². The molecule has 17 heavy (non-hydrogen) atoms. The summed E-state index contributed by atoms with van der Waals surface area (Å²) in [5, 5.41) is 3.41. The smallest absolute Gasteiger partial charge is 0.315 e. The van der Waals surface area contributed by atoms with Crippen LogP contribution in [0.3, 0.4) is 0 Å². The predicted octanol–water partition coefficient (Wildman–Crippen LogP) is 2.77. The van der Waals surface area contributed by atoms with Crippen molar-refractivity contribution in [3.63, 3.8) is 0 Å². The lowest BCUT2D eigenvalue weighted by atomic mass is 10.2. The summed E-state index contributed by atoms with van der Waals surface area (Å²) in [6.45, 7) is 0. The van der Waals surface area contributed by atoms with Crippen LogP contribution < -0.4 is 0 Å². The first-order valence-electron chi connectivity index (χ1n) is 5.01. The van der Waals surface area contributed by atoms with Crippen LogP contribution in [-0.2, 0) is 15.3 Å². The molecule has 0 N–H and O–H groups in total. The molecule has 0 saturated carbocycles. The molecule has 0 amide bonds. The van der Waals surface area contributed by atoms with Crippen LogP contribution >= 0.6 is 11.8 Å². The van der Waals surface area contributed by atoms with Gasteiger partial charge in [-0.05, 0) is 11.1 Å². The Hall–Kier alpha value is -1.65. The fourth-order valence-corrected chi connectivity index (χ4v) is 2.18. The van der Waals surface area contributed by atoms with E-state index < -0.39 is 12.0 Å². The molecule has 0 fully saturated rings. The Morgan fingerprint density at radius 3 is 2.82 bits per heavy atom. The third-order valence-electron chi connectivity index (χ3n) is 2.05. The molecule has 0 spiro atoms. The summed E-state index contributed by atoms with van der Waals surface area (Å²) in [7, 11) is 1.28. The summed E-state index contributed by atoms with van der Waals surface area (Å²) in [5.41, 5.74) is 9.51. The molecule has 0 saturated heterocycles. The van der Waals surface area contributed by atoms with Crippen LogP contribution in [0.1, 0.15) is 5.56 Å². The Kier molecular flexibility index (Phi) is 5.99. The first kappa shape index (κ1) is 13.4.